The fourth-order valence-corrected chi connectivity index (χ4v) is 0.201. The lowest BCUT2D eigenvalue weighted by atomic mass is 10.4. The average molecular weight is 110 g/mol. The van der Waals surface area contributed by atoms with Crippen molar-refractivity contribution in [3.63, 3.8) is 0 Å². The minimum absolute atomic E-state index is 0.255. The highest BCUT2D eigenvalue weighted by molar-refractivity contribution is 6.21. The molecule has 1 atom stereocenters. The largest absolute Gasteiger partial charge is 0.251 e. The molecule has 1 radical (unpaired) electrons. The molecule has 0 N–H and O–H groups in total. The van der Waals surface area contributed by atoms with Crippen molar-refractivity contribution in [3.8, 4) is 0 Å². The molecule has 1 unspecified atom stereocenters. The highest BCUT2D eigenvalue weighted by Crippen LogP contribution is 1.97. The van der Waals surface area contributed by atoms with Crippen LogP contribution in [0.3, 0.4) is 0 Å². The second-order valence-corrected chi connectivity index (χ2v) is 1.69. The van der Waals surface area contributed by atoms with E-state index in [0.717, 1.165) is 0 Å². The van der Waals surface area contributed by atoms with Crippen molar-refractivity contribution in [1.82, 2.24) is 0 Å². The van der Waals surface area contributed by atoms with Crippen LogP contribution in [-0.2, 0) is 0 Å². The van der Waals surface area contributed by atoms with Gasteiger partial charge in [0.05, 0.1) is 6.67 Å². The lowest BCUT2D eigenvalue weighted by Gasteiger charge is -1.91. The van der Waals surface area contributed by atoms with Crippen LogP contribution in [0.2, 0.25) is 0 Å². The summed E-state index contributed by atoms with van der Waals surface area (Å²) in [6.45, 7) is 2.99. The van der Waals surface area contributed by atoms with Crippen molar-refractivity contribution in [2.75, 3.05) is 6.67 Å². The average Bonchev–Trinajstić information content (AvgIpc) is 1.35. The summed E-state index contributed by atoms with van der Waals surface area (Å²) in [5, 5.41) is -0.255. The summed E-state index contributed by atoms with van der Waals surface area (Å²) in [5.41, 5.74) is 0. The zero-order valence-electron chi connectivity index (χ0n) is 3.45. The van der Waals surface area contributed by atoms with Gasteiger partial charge >= 0.3 is 0 Å². The first-order valence-electron chi connectivity index (χ1n) is 1.80. The minimum atomic E-state index is -0.363. The maximum Gasteiger partial charge on any atom is 0.0908 e. The van der Waals surface area contributed by atoms with E-state index in [9.17, 15) is 4.39 Å². The first-order valence-corrected chi connectivity index (χ1v) is 2.24. The maximum atomic E-state index is 11.1. The fourth-order valence-electron chi connectivity index (χ4n) is 0.118. The van der Waals surface area contributed by atoms with E-state index >= 15 is 0 Å². The topological polar surface area (TPSA) is 0 Å². The van der Waals surface area contributed by atoms with Gasteiger partial charge in [0, 0.05) is 5.38 Å². The molecule has 0 rings (SSSR count). The van der Waals surface area contributed by atoms with Crippen LogP contribution in [0.25, 0.3) is 0 Å². The maximum absolute atomic E-state index is 11.1. The Hall–Kier alpha value is 0.220. The predicted molar refractivity (Wildman–Crippen MR) is 25.6 cm³/mol. The zero-order valence-corrected chi connectivity index (χ0v) is 4.21. The van der Waals surface area contributed by atoms with E-state index in [1.807, 2.05) is 0 Å². The van der Waals surface area contributed by atoms with Crippen LogP contribution in [0.15, 0.2) is 0 Å². The first kappa shape index (κ1) is 6.22. The molecule has 0 aromatic carbocycles. The molecule has 0 heterocycles. The molecule has 0 aromatic heterocycles. The zero-order chi connectivity index (χ0) is 4.99. The normalized spacial score (nSPS) is 14.5. The molecule has 0 amide bonds. The summed E-state index contributed by atoms with van der Waals surface area (Å²) in [5.74, 6) is 0. The molecule has 2 heteroatoms. The van der Waals surface area contributed by atoms with Gasteiger partial charge < -0.3 is 0 Å². The second-order valence-electron chi connectivity index (χ2n) is 1.07. The Balaban J connectivity index is 2.63. The van der Waals surface area contributed by atoms with Gasteiger partial charge in [0.25, 0.3) is 0 Å². The Bertz CT molecular complexity index is 28.7. The summed E-state index contributed by atoms with van der Waals surface area (Å²) >= 11 is 5.23. The number of hydrogen-bond acceptors (Lipinski definition) is 0. The van der Waals surface area contributed by atoms with Crippen LogP contribution < -0.4 is 0 Å². The molecule has 0 aromatic rings. The molecule has 0 spiro atoms. The van der Waals surface area contributed by atoms with E-state index in [4.69, 9.17) is 11.6 Å². The summed E-state index contributed by atoms with van der Waals surface area (Å²) < 4.78 is 11.1. The Morgan fingerprint density at radius 2 is 2.33 bits per heavy atom. The number of halogens is 2. The van der Waals surface area contributed by atoms with E-state index in [2.05, 4.69) is 6.92 Å². The fraction of sp³-hybridized carbons (Fsp3) is 0.750. The molecule has 0 aliphatic heterocycles. The lowest BCUT2D eigenvalue weighted by Crippen LogP contribution is -1.90. The van der Waals surface area contributed by atoms with Crippen LogP contribution in [0.4, 0.5) is 4.39 Å². The van der Waals surface area contributed by atoms with Crippen molar-refractivity contribution in [3.05, 3.63) is 6.92 Å². The third kappa shape index (κ3) is 4.22. The molecule has 0 saturated heterocycles. The van der Waals surface area contributed by atoms with Crippen molar-refractivity contribution < 1.29 is 4.39 Å². The molecule has 0 nitrogen and oxygen atoms in total. The molecule has 0 saturated carbocycles. The highest BCUT2D eigenvalue weighted by atomic mass is 35.5. The molecule has 37 valence electrons. The van der Waals surface area contributed by atoms with E-state index < -0.39 is 0 Å². The van der Waals surface area contributed by atoms with Gasteiger partial charge in [-0.1, -0.05) is 0 Å². The number of hydrogen-bond donors (Lipinski definition) is 0. The second kappa shape index (κ2) is 3.41. The van der Waals surface area contributed by atoms with Crippen LogP contribution in [0.1, 0.15) is 6.42 Å². The molecule has 0 fully saturated rings. The SMILES string of the molecule is [CH2]C(Cl)CCF. The van der Waals surface area contributed by atoms with Crippen molar-refractivity contribution in [2.24, 2.45) is 0 Å². The van der Waals surface area contributed by atoms with Gasteiger partial charge in [0.2, 0.25) is 0 Å². The Labute approximate surface area is 42.3 Å². The van der Waals surface area contributed by atoms with Crippen LogP contribution in [-0.4, -0.2) is 12.1 Å². The van der Waals surface area contributed by atoms with Crippen molar-refractivity contribution >= 4 is 11.6 Å². The summed E-state index contributed by atoms with van der Waals surface area (Å²) in [6, 6.07) is 0. The molecule has 0 bridgehead atoms. The van der Waals surface area contributed by atoms with E-state index in [1.165, 1.54) is 0 Å². The molecule has 6 heavy (non-hydrogen) atoms. The Morgan fingerprint density at radius 3 is 2.33 bits per heavy atom. The third-order valence-corrected chi connectivity index (χ3v) is 0.641. The smallest absolute Gasteiger partial charge is 0.0908 e. The number of rotatable bonds is 2. The standard InChI is InChI=1S/C4H7ClF/c1-4(5)2-3-6/h4H,1-3H2. The third-order valence-electron chi connectivity index (χ3n) is 0.422. The van der Waals surface area contributed by atoms with E-state index in [1.54, 1.807) is 0 Å². The molecule has 0 aliphatic carbocycles. The van der Waals surface area contributed by atoms with Gasteiger partial charge in [-0.2, -0.15) is 0 Å². The van der Waals surface area contributed by atoms with Gasteiger partial charge in [0.15, 0.2) is 0 Å². The first-order chi connectivity index (χ1) is 2.77. The van der Waals surface area contributed by atoms with Crippen molar-refractivity contribution in [1.29, 1.82) is 0 Å². The molecular formula is C4H7ClF. The van der Waals surface area contributed by atoms with Gasteiger partial charge in [-0.3, -0.25) is 4.39 Å². The van der Waals surface area contributed by atoms with Gasteiger partial charge in [-0.05, 0) is 13.3 Å². The van der Waals surface area contributed by atoms with Crippen LogP contribution >= 0.6 is 11.6 Å². The molecule has 0 aliphatic rings. The summed E-state index contributed by atoms with van der Waals surface area (Å²) in [6.07, 6.45) is 0.363. The predicted octanol–water partition coefficient (Wildman–Crippen LogP) is 1.79. The molecular weight excluding hydrogens is 102 g/mol. The van der Waals surface area contributed by atoms with Crippen molar-refractivity contribution in [2.45, 2.75) is 11.8 Å². The Kier molecular flexibility index (Phi) is 3.54. The summed E-state index contributed by atoms with van der Waals surface area (Å²) in [7, 11) is 0. The highest BCUT2D eigenvalue weighted by Gasteiger charge is 1.90. The van der Waals surface area contributed by atoms with Gasteiger partial charge in [0.1, 0.15) is 0 Å². The van der Waals surface area contributed by atoms with Gasteiger partial charge in [-0.25, -0.2) is 0 Å². The quantitative estimate of drug-likeness (QED) is 0.475. The lowest BCUT2D eigenvalue weighted by molar-refractivity contribution is 0.477. The number of alkyl halides is 2. The van der Waals surface area contributed by atoms with E-state index in [-0.39, 0.29) is 12.1 Å². The van der Waals surface area contributed by atoms with Gasteiger partial charge in [-0.15, -0.1) is 11.6 Å². The minimum Gasteiger partial charge on any atom is -0.251 e. The monoisotopic (exact) mass is 109 g/mol. The Morgan fingerprint density at radius 1 is 1.83 bits per heavy atom. The van der Waals surface area contributed by atoms with Crippen LogP contribution in [0.5, 0.6) is 0 Å². The van der Waals surface area contributed by atoms with Crippen LogP contribution in [0, 0.1) is 6.92 Å². The van der Waals surface area contributed by atoms with E-state index in [0.29, 0.717) is 6.42 Å². The summed E-state index contributed by atoms with van der Waals surface area (Å²) in [4.78, 5) is 0.